The van der Waals surface area contributed by atoms with Gasteiger partial charge in [0.25, 0.3) is 0 Å². The Hall–Kier alpha value is -2.04. The summed E-state index contributed by atoms with van der Waals surface area (Å²) in [4.78, 5) is 17.3. The number of fused-ring (bicyclic) bond motifs is 1. The number of likely N-dealkylation sites (tertiary alicyclic amines) is 1. The second-order valence-corrected chi connectivity index (χ2v) is 7.26. The molecule has 5 heteroatoms. The molecule has 1 aliphatic rings. The molecule has 118 valence electrons. The molecule has 3 rings (SSSR count). The van der Waals surface area contributed by atoms with Gasteiger partial charge in [-0.05, 0) is 41.9 Å². The van der Waals surface area contributed by atoms with Crippen molar-refractivity contribution in [1.82, 2.24) is 14.3 Å². The molecule has 0 bridgehead atoms. The molecular weight excluding hydrogens is 278 g/mol. The largest absolute Gasteiger partial charge is 0.465 e. The molecule has 1 aliphatic heterocycles. The Morgan fingerprint density at radius 3 is 2.86 bits per heavy atom. The van der Waals surface area contributed by atoms with Crippen molar-refractivity contribution in [1.29, 1.82) is 0 Å². The number of piperidine rings is 1. The normalized spacial score (nSPS) is 23.0. The van der Waals surface area contributed by atoms with Gasteiger partial charge in [0.05, 0.1) is 18.0 Å². The standard InChI is InChI=1S/C17H23N3O2/c1-17(2,3)15-9-13(5-7-20(15)16(21)22)12-4-6-19-11-18-10-14(19)8-12/h4,6,8,10-11,13,15H,5,7,9H2,1-3H3,(H,21,22). The molecule has 1 saturated heterocycles. The van der Waals surface area contributed by atoms with E-state index in [1.807, 2.05) is 16.8 Å². The lowest BCUT2D eigenvalue weighted by Crippen LogP contribution is -2.51. The van der Waals surface area contributed by atoms with Crippen molar-refractivity contribution in [3.63, 3.8) is 0 Å². The van der Waals surface area contributed by atoms with Gasteiger partial charge in [0.15, 0.2) is 0 Å². The molecule has 0 spiro atoms. The first-order valence-corrected chi connectivity index (χ1v) is 7.77. The molecule has 2 unspecified atom stereocenters. The highest BCUT2D eigenvalue weighted by molar-refractivity contribution is 5.65. The van der Waals surface area contributed by atoms with Gasteiger partial charge in [0.2, 0.25) is 0 Å². The lowest BCUT2D eigenvalue weighted by atomic mass is 9.75. The number of hydrogen-bond donors (Lipinski definition) is 1. The Morgan fingerprint density at radius 1 is 1.41 bits per heavy atom. The first-order valence-electron chi connectivity index (χ1n) is 7.77. The third-order valence-corrected chi connectivity index (χ3v) is 4.76. The number of aromatic nitrogens is 2. The molecular formula is C17H23N3O2. The van der Waals surface area contributed by atoms with E-state index < -0.39 is 6.09 Å². The summed E-state index contributed by atoms with van der Waals surface area (Å²) in [5.41, 5.74) is 2.32. The molecule has 1 amide bonds. The number of carboxylic acid groups (broad SMARTS) is 1. The molecule has 1 fully saturated rings. The van der Waals surface area contributed by atoms with E-state index in [4.69, 9.17) is 0 Å². The molecule has 0 aromatic carbocycles. The van der Waals surface area contributed by atoms with E-state index in [2.05, 4.69) is 37.9 Å². The molecule has 3 heterocycles. The number of carbonyl (C=O) groups is 1. The third-order valence-electron chi connectivity index (χ3n) is 4.76. The van der Waals surface area contributed by atoms with Crippen LogP contribution in [0.1, 0.15) is 45.1 Å². The van der Waals surface area contributed by atoms with Crippen LogP contribution >= 0.6 is 0 Å². The van der Waals surface area contributed by atoms with Gasteiger partial charge in [-0.1, -0.05) is 20.8 Å². The van der Waals surface area contributed by atoms with Crippen LogP contribution in [0.5, 0.6) is 0 Å². The first kappa shape index (κ1) is 14.9. The zero-order valence-corrected chi connectivity index (χ0v) is 13.4. The van der Waals surface area contributed by atoms with Crippen molar-refractivity contribution >= 4 is 11.6 Å². The Kier molecular flexibility index (Phi) is 3.59. The summed E-state index contributed by atoms with van der Waals surface area (Å²) in [6.45, 7) is 6.97. The van der Waals surface area contributed by atoms with E-state index in [0.717, 1.165) is 18.4 Å². The van der Waals surface area contributed by atoms with Crippen molar-refractivity contribution < 1.29 is 9.90 Å². The summed E-state index contributed by atoms with van der Waals surface area (Å²) in [6, 6.07) is 4.36. The van der Waals surface area contributed by atoms with Crippen molar-refractivity contribution in [3.8, 4) is 0 Å². The van der Waals surface area contributed by atoms with E-state index in [1.165, 1.54) is 5.56 Å². The molecule has 1 N–H and O–H groups in total. The van der Waals surface area contributed by atoms with Gasteiger partial charge in [0.1, 0.15) is 0 Å². The molecule has 2 aromatic heterocycles. The van der Waals surface area contributed by atoms with Gasteiger partial charge in [0, 0.05) is 18.8 Å². The number of imidazole rings is 1. The van der Waals surface area contributed by atoms with Gasteiger partial charge < -0.3 is 14.4 Å². The van der Waals surface area contributed by atoms with Gasteiger partial charge in [-0.2, -0.15) is 0 Å². The van der Waals surface area contributed by atoms with Crippen LogP contribution < -0.4 is 0 Å². The molecule has 2 aromatic rings. The average molecular weight is 301 g/mol. The van der Waals surface area contributed by atoms with E-state index in [1.54, 1.807) is 11.2 Å². The predicted octanol–water partition coefficient (Wildman–Crippen LogP) is 3.61. The van der Waals surface area contributed by atoms with E-state index in [0.29, 0.717) is 12.5 Å². The molecule has 22 heavy (non-hydrogen) atoms. The maximum atomic E-state index is 11.5. The highest BCUT2D eigenvalue weighted by atomic mass is 16.4. The third kappa shape index (κ3) is 2.67. The topological polar surface area (TPSA) is 57.8 Å². The summed E-state index contributed by atoms with van der Waals surface area (Å²) in [6.07, 6.45) is 6.64. The zero-order valence-electron chi connectivity index (χ0n) is 13.4. The molecule has 0 aliphatic carbocycles. The van der Waals surface area contributed by atoms with E-state index in [-0.39, 0.29) is 11.5 Å². The molecule has 0 radical (unpaired) electrons. The lowest BCUT2D eigenvalue weighted by molar-refractivity contribution is 0.0526. The minimum atomic E-state index is -0.801. The summed E-state index contributed by atoms with van der Waals surface area (Å²) >= 11 is 0. The quantitative estimate of drug-likeness (QED) is 0.875. The van der Waals surface area contributed by atoms with Crippen molar-refractivity contribution in [2.24, 2.45) is 5.41 Å². The number of pyridine rings is 1. The number of hydrogen-bond acceptors (Lipinski definition) is 2. The summed E-state index contributed by atoms with van der Waals surface area (Å²) < 4.78 is 2.00. The average Bonchev–Trinajstić information content (AvgIpc) is 2.93. The van der Waals surface area contributed by atoms with Gasteiger partial charge in [-0.3, -0.25) is 0 Å². The van der Waals surface area contributed by atoms with Gasteiger partial charge >= 0.3 is 6.09 Å². The second kappa shape index (κ2) is 5.30. The smallest absolute Gasteiger partial charge is 0.407 e. The van der Waals surface area contributed by atoms with E-state index in [9.17, 15) is 9.90 Å². The van der Waals surface area contributed by atoms with Crippen LogP contribution in [0, 0.1) is 5.41 Å². The van der Waals surface area contributed by atoms with Gasteiger partial charge in [-0.15, -0.1) is 0 Å². The predicted molar refractivity (Wildman–Crippen MR) is 85.1 cm³/mol. The Labute approximate surface area is 130 Å². The van der Waals surface area contributed by atoms with Crippen LogP contribution in [-0.4, -0.2) is 38.1 Å². The van der Waals surface area contributed by atoms with Crippen LogP contribution in [0.2, 0.25) is 0 Å². The van der Waals surface area contributed by atoms with E-state index >= 15 is 0 Å². The number of amides is 1. The Morgan fingerprint density at radius 2 is 2.18 bits per heavy atom. The second-order valence-electron chi connectivity index (χ2n) is 7.26. The monoisotopic (exact) mass is 301 g/mol. The SMILES string of the molecule is CC(C)(C)C1CC(c2ccn3cncc3c2)CCN1C(=O)O. The van der Waals surface area contributed by atoms with Crippen LogP contribution in [0.15, 0.2) is 30.9 Å². The summed E-state index contributed by atoms with van der Waals surface area (Å²) in [5.74, 6) is 0.403. The van der Waals surface area contributed by atoms with Crippen molar-refractivity contribution in [3.05, 3.63) is 36.4 Å². The highest BCUT2D eigenvalue weighted by Gasteiger charge is 2.38. The maximum absolute atomic E-state index is 11.5. The zero-order chi connectivity index (χ0) is 15.9. The van der Waals surface area contributed by atoms with Crippen molar-refractivity contribution in [2.45, 2.75) is 45.6 Å². The van der Waals surface area contributed by atoms with Crippen LogP contribution in [0.3, 0.4) is 0 Å². The minimum Gasteiger partial charge on any atom is -0.465 e. The maximum Gasteiger partial charge on any atom is 0.407 e. The summed E-state index contributed by atoms with van der Waals surface area (Å²) in [5, 5.41) is 9.46. The minimum absolute atomic E-state index is 0.0462. The van der Waals surface area contributed by atoms with Crippen LogP contribution in [0.25, 0.3) is 5.52 Å². The Bertz CT molecular complexity index is 687. The number of rotatable bonds is 1. The fourth-order valence-corrected chi connectivity index (χ4v) is 3.51. The molecule has 0 saturated carbocycles. The molecule has 2 atom stereocenters. The van der Waals surface area contributed by atoms with Crippen LogP contribution in [-0.2, 0) is 0 Å². The van der Waals surface area contributed by atoms with Crippen LogP contribution in [0.4, 0.5) is 4.79 Å². The summed E-state index contributed by atoms with van der Waals surface area (Å²) in [7, 11) is 0. The fourth-order valence-electron chi connectivity index (χ4n) is 3.51. The Balaban J connectivity index is 1.88. The lowest BCUT2D eigenvalue weighted by Gasteiger charge is -2.44. The number of nitrogens with zero attached hydrogens (tertiary/aromatic N) is 3. The van der Waals surface area contributed by atoms with Crippen molar-refractivity contribution in [2.75, 3.05) is 6.54 Å². The fraction of sp³-hybridized carbons (Fsp3) is 0.529. The van der Waals surface area contributed by atoms with Gasteiger partial charge in [-0.25, -0.2) is 9.78 Å². The highest BCUT2D eigenvalue weighted by Crippen LogP contribution is 2.39. The molecule has 5 nitrogen and oxygen atoms in total. The first-order chi connectivity index (χ1) is 10.4.